The van der Waals surface area contributed by atoms with E-state index in [1.807, 2.05) is 0 Å². The lowest BCUT2D eigenvalue weighted by Crippen LogP contribution is -2.50. The number of urea groups is 1. The van der Waals surface area contributed by atoms with Gasteiger partial charge in [-0.15, -0.1) is 0 Å². The van der Waals surface area contributed by atoms with Gasteiger partial charge >= 0.3 is 12.0 Å². The van der Waals surface area contributed by atoms with Crippen molar-refractivity contribution in [2.45, 2.75) is 57.5 Å². The molecule has 1 saturated carbocycles. The summed E-state index contributed by atoms with van der Waals surface area (Å²) in [5, 5.41) is 14.2. The SMILES string of the molecule is CC1CCCCC1NC(=O)NC(=O)CN1CCC[C@@H]1C(=O)O. The molecule has 0 aromatic heterocycles. The average Bonchev–Trinajstić information content (AvgIpc) is 2.89. The summed E-state index contributed by atoms with van der Waals surface area (Å²) in [5.74, 6) is -0.940. The third-order valence-electron chi connectivity index (χ3n) is 4.68. The van der Waals surface area contributed by atoms with E-state index in [-0.39, 0.29) is 12.6 Å². The molecule has 7 nitrogen and oxygen atoms in total. The lowest BCUT2D eigenvalue weighted by molar-refractivity contribution is -0.142. The van der Waals surface area contributed by atoms with E-state index in [2.05, 4.69) is 17.6 Å². The molecule has 0 spiro atoms. The van der Waals surface area contributed by atoms with Crippen molar-refractivity contribution in [3.63, 3.8) is 0 Å². The lowest BCUT2D eigenvalue weighted by atomic mass is 9.86. The number of carbonyl (C=O) groups excluding carboxylic acids is 2. The number of rotatable bonds is 4. The van der Waals surface area contributed by atoms with Gasteiger partial charge in [-0.3, -0.25) is 19.8 Å². The Bertz CT molecular complexity index is 441. The zero-order valence-electron chi connectivity index (χ0n) is 13.0. The number of nitrogens with zero attached hydrogens (tertiary/aromatic N) is 1. The second-order valence-electron chi connectivity index (χ2n) is 6.36. The second-order valence-corrected chi connectivity index (χ2v) is 6.36. The molecule has 2 unspecified atom stereocenters. The van der Waals surface area contributed by atoms with Gasteiger partial charge in [-0.2, -0.15) is 0 Å². The van der Waals surface area contributed by atoms with Crippen molar-refractivity contribution in [3.05, 3.63) is 0 Å². The monoisotopic (exact) mass is 311 g/mol. The van der Waals surface area contributed by atoms with Crippen LogP contribution in [0.25, 0.3) is 0 Å². The topological polar surface area (TPSA) is 98.7 Å². The first-order valence-corrected chi connectivity index (χ1v) is 8.04. The first kappa shape index (κ1) is 16.7. The van der Waals surface area contributed by atoms with Crippen molar-refractivity contribution in [2.24, 2.45) is 5.92 Å². The van der Waals surface area contributed by atoms with E-state index >= 15 is 0 Å². The Morgan fingerprint density at radius 1 is 1.14 bits per heavy atom. The molecule has 2 aliphatic rings. The summed E-state index contributed by atoms with van der Waals surface area (Å²) in [6.45, 7) is 2.63. The maximum atomic E-state index is 11.9. The van der Waals surface area contributed by atoms with E-state index in [9.17, 15) is 14.4 Å². The second kappa shape index (κ2) is 7.58. The molecule has 3 N–H and O–H groups in total. The van der Waals surface area contributed by atoms with E-state index in [1.165, 1.54) is 6.42 Å². The van der Waals surface area contributed by atoms with Crippen LogP contribution in [0.4, 0.5) is 4.79 Å². The highest BCUT2D eigenvalue weighted by molar-refractivity contribution is 5.95. The van der Waals surface area contributed by atoms with E-state index < -0.39 is 23.9 Å². The number of likely N-dealkylation sites (tertiary alicyclic amines) is 1. The number of hydrogen-bond donors (Lipinski definition) is 3. The van der Waals surface area contributed by atoms with Crippen LogP contribution in [-0.2, 0) is 9.59 Å². The number of carboxylic acid groups (broad SMARTS) is 1. The normalized spacial score (nSPS) is 29.0. The Labute approximate surface area is 130 Å². The molecule has 3 atom stereocenters. The van der Waals surface area contributed by atoms with Gasteiger partial charge in [0.15, 0.2) is 0 Å². The molecule has 0 aromatic carbocycles. The maximum Gasteiger partial charge on any atom is 0.321 e. The van der Waals surface area contributed by atoms with E-state index in [0.717, 1.165) is 25.7 Å². The van der Waals surface area contributed by atoms with E-state index in [0.29, 0.717) is 18.9 Å². The van der Waals surface area contributed by atoms with Gasteiger partial charge in [-0.25, -0.2) is 4.79 Å². The minimum atomic E-state index is -0.911. The van der Waals surface area contributed by atoms with Crippen LogP contribution in [0.3, 0.4) is 0 Å². The third kappa shape index (κ3) is 4.43. The molecule has 1 aliphatic carbocycles. The number of amides is 3. The maximum absolute atomic E-state index is 11.9. The fraction of sp³-hybridized carbons (Fsp3) is 0.800. The van der Waals surface area contributed by atoms with Gasteiger partial charge in [0.1, 0.15) is 6.04 Å². The van der Waals surface area contributed by atoms with Gasteiger partial charge in [0.05, 0.1) is 6.54 Å². The molecule has 0 radical (unpaired) electrons. The van der Waals surface area contributed by atoms with Crippen LogP contribution >= 0.6 is 0 Å². The zero-order chi connectivity index (χ0) is 16.1. The van der Waals surface area contributed by atoms with Crippen LogP contribution in [0.2, 0.25) is 0 Å². The van der Waals surface area contributed by atoms with Crippen LogP contribution in [0.5, 0.6) is 0 Å². The van der Waals surface area contributed by atoms with Gasteiger partial charge < -0.3 is 10.4 Å². The van der Waals surface area contributed by atoms with Gasteiger partial charge in [0.25, 0.3) is 0 Å². The van der Waals surface area contributed by atoms with Crippen molar-refractivity contribution in [1.29, 1.82) is 0 Å². The molecule has 22 heavy (non-hydrogen) atoms. The molecule has 0 bridgehead atoms. The van der Waals surface area contributed by atoms with E-state index in [1.54, 1.807) is 4.90 Å². The Hall–Kier alpha value is -1.63. The van der Waals surface area contributed by atoms with Crippen LogP contribution < -0.4 is 10.6 Å². The fourth-order valence-corrected chi connectivity index (χ4v) is 3.38. The molecule has 1 heterocycles. The average molecular weight is 311 g/mol. The summed E-state index contributed by atoms with van der Waals surface area (Å²) >= 11 is 0. The standard InChI is InChI=1S/C15H25N3O4/c1-10-5-2-3-6-11(10)16-15(22)17-13(19)9-18-8-4-7-12(18)14(20)21/h10-12H,2-9H2,1H3,(H,20,21)(H2,16,17,19,22)/t10?,11?,12-/m1/s1. The van der Waals surface area contributed by atoms with Crippen molar-refractivity contribution in [1.82, 2.24) is 15.5 Å². The zero-order valence-corrected chi connectivity index (χ0v) is 13.0. The third-order valence-corrected chi connectivity index (χ3v) is 4.68. The summed E-state index contributed by atoms with van der Waals surface area (Å²) in [6, 6.07) is -0.984. The Morgan fingerprint density at radius 3 is 2.55 bits per heavy atom. The van der Waals surface area contributed by atoms with Crippen LogP contribution in [0.15, 0.2) is 0 Å². The Kier molecular flexibility index (Phi) is 5.76. The van der Waals surface area contributed by atoms with Crippen molar-refractivity contribution in [2.75, 3.05) is 13.1 Å². The number of imide groups is 1. The summed E-state index contributed by atoms with van der Waals surface area (Å²) < 4.78 is 0. The number of carboxylic acids is 1. The first-order chi connectivity index (χ1) is 10.5. The number of carbonyl (C=O) groups is 3. The van der Waals surface area contributed by atoms with Gasteiger partial charge in [-0.1, -0.05) is 19.8 Å². The minimum absolute atomic E-state index is 0.0510. The fourth-order valence-electron chi connectivity index (χ4n) is 3.38. The Balaban J connectivity index is 1.76. The lowest BCUT2D eigenvalue weighted by Gasteiger charge is -2.29. The molecule has 1 saturated heterocycles. The number of nitrogens with one attached hydrogen (secondary N) is 2. The van der Waals surface area contributed by atoms with Gasteiger partial charge in [-0.05, 0) is 38.1 Å². The van der Waals surface area contributed by atoms with Gasteiger partial charge in [0.2, 0.25) is 5.91 Å². The molecule has 2 fully saturated rings. The van der Waals surface area contributed by atoms with Crippen molar-refractivity contribution in [3.8, 4) is 0 Å². The molecule has 124 valence electrons. The van der Waals surface area contributed by atoms with Crippen LogP contribution in [0, 0.1) is 5.92 Å². The summed E-state index contributed by atoms with van der Waals surface area (Å²) in [4.78, 5) is 36.4. The van der Waals surface area contributed by atoms with E-state index in [4.69, 9.17) is 5.11 Å². The van der Waals surface area contributed by atoms with Crippen LogP contribution in [-0.4, -0.2) is 53.1 Å². The molecular formula is C15H25N3O4. The first-order valence-electron chi connectivity index (χ1n) is 8.04. The smallest absolute Gasteiger partial charge is 0.321 e. The van der Waals surface area contributed by atoms with Gasteiger partial charge in [0, 0.05) is 6.04 Å². The quantitative estimate of drug-likeness (QED) is 0.717. The number of aliphatic carboxylic acids is 1. The molecule has 7 heteroatoms. The highest BCUT2D eigenvalue weighted by Crippen LogP contribution is 2.23. The summed E-state index contributed by atoms with van der Waals surface area (Å²) in [7, 11) is 0. The van der Waals surface area contributed by atoms with Crippen molar-refractivity contribution >= 4 is 17.9 Å². The highest BCUT2D eigenvalue weighted by atomic mass is 16.4. The van der Waals surface area contributed by atoms with Crippen molar-refractivity contribution < 1.29 is 19.5 Å². The highest BCUT2D eigenvalue weighted by Gasteiger charge is 2.32. The largest absolute Gasteiger partial charge is 0.480 e. The summed E-state index contributed by atoms with van der Waals surface area (Å²) in [5.41, 5.74) is 0. The minimum Gasteiger partial charge on any atom is -0.480 e. The predicted octanol–water partition coefficient (Wildman–Crippen LogP) is 0.940. The van der Waals surface area contributed by atoms with Crippen LogP contribution in [0.1, 0.15) is 45.4 Å². The predicted molar refractivity (Wildman–Crippen MR) is 80.3 cm³/mol. The molecule has 2 rings (SSSR count). The molecule has 0 aromatic rings. The molecular weight excluding hydrogens is 286 g/mol. The Morgan fingerprint density at radius 2 is 1.86 bits per heavy atom. The summed E-state index contributed by atoms with van der Waals surface area (Å²) in [6.07, 6.45) is 5.62. The number of hydrogen-bond acceptors (Lipinski definition) is 4. The molecule has 1 aliphatic heterocycles. The molecule has 3 amide bonds.